The number of benzene rings is 1. The molecule has 1 heterocycles. The topological polar surface area (TPSA) is 17.1 Å². The Labute approximate surface area is 102 Å². The van der Waals surface area contributed by atoms with Crippen molar-refractivity contribution in [2.75, 3.05) is 5.75 Å². The maximum Gasteiger partial charge on any atom is 0.164 e. The van der Waals surface area contributed by atoms with Crippen LogP contribution in [0, 0.1) is 0 Å². The van der Waals surface area contributed by atoms with Crippen LogP contribution in [0.5, 0.6) is 0 Å². The van der Waals surface area contributed by atoms with Crippen LogP contribution < -0.4 is 0 Å². The molecule has 2 heteroatoms. The zero-order valence-electron chi connectivity index (χ0n) is 10.2. The maximum absolute atomic E-state index is 12.0. The molecule has 0 amide bonds. The Kier molecular flexibility index (Phi) is 3.11. The van der Waals surface area contributed by atoms with E-state index < -0.39 is 0 Å². The molecule has 0 N–H and O–H groups in total. The molecule has 1 aromatic carbocycles. The summed E-state index contributed by atoms with van der Waals surface area (Å²) < 4.78 is 0. The van der Waals surface area contributed by atoms with E-state index in [9.17, 15) is 4.79 Å². The van der Waals surface area contributed by atoms with E-state index in [1.807, 2.05) is 11.8 Å². The molecule has 2 rings (SSSR count). The molecule has 0 saturated heterocycles. The van der Waals surface area contributed by atoms with E-state index in [0.717, 1.165) is 22.6 Å². The summed E-state index contributed by atoms with van der Waals surface area (Å²) in [4.78, 5) is 13.1. The molecule has 0 aliphatic carbocycles. The number of carbonyl (C=O) groups excluding carboxylic acids is 1. The Bertz CT molecular complexity index is 415. The maximum atomic E-state index is 12.0. The molecule has 86 valence electrons. The molecule has 1 aliphatic heterocycles. The highest BCUT2D eigenvalue weighted by atomic mass is 32.2. The second-order valence-corrected chi connectivity index (χ2v) is 6.47. The van der Waals surface area contributed by atoms with Crippen molar-refractivity contribution in [1.82, 2.24) is 0 Å². The Balaban J connectivity index is 2.47. The lowest BCUT2D eigenvalue weighted by molar-refractivity contribution is 0.0980. The molecule has 0 aromatic heterocycles. The van der Waals surface area contributed by atoms with Gasteiger partial charge in [-0.05, 0) is 35.3 Å². The normalized spacial score (nSPS) is 16.8. The lowest BCUT2D eigenvalue weighted by Gasteiger charge is -2.20. The zero-order valence-corrected chi connectivity index (χ0v) is 11.0. The van der Waals surface area contributed by atoms with Gasteiger partial charge in [0.2, 0.25) is 0 Å². The predicted octanol–water partition coefficient (Wildman–Crippen LogP) is 4.05. The van der Waals surface area contributed by atoms with E-state index >= 15 is 0 Å². The third kappa shape index (κ3) is 2.32. The quantitative estimate of drug-likeness (QED) is 0.673. The summed E-state index contributed by atoms with van der Waals surface area (Å²) in [6.45, 7) is 6.55. The molecule has 0 atom stereocenters. The smallest absolute Gasteiger partial charge is 0.164 e. The summed E-state index contributed by atoms with van der Waals surface area (Å²) in [5.74, 6) is 1.37. The van der Waals surface area contributed by atoms with Gasteiger partial charge in [-0.3, -0.25) is 4.79 Å². The van der Waals surface area contributed by atoms with E-state index in [2.05, 4.69) is 39.0 Å². The van der Waals surface area contributed by atoms with Crippen LogP contribution in [0.2, 0.25) is 0 Å². The molecule has 1 aliphatic rings. The van der Waals surface area contributed by atoms with E-state index in [0.29, 0.717) is 12.2 Å². The van der Waals surface area contributed by atoms with Crippen molar-refractivity contribution in [2.45, 2.75) is 43.9 Å². The van der Waals surface area contributed by atoms with Crippen molar-refractivity contribution in [1.29, 1.82) is 0 Å². The fourth-order valence-corrected chi connectivity index (χ4v) is 2.89. The highest BCUT2D eigenvalue weighted by Crippen LogP contribution is 2.32. The number of hydrogen-bond donors (Lipinski definition) is 0. The summed E-state index contributed by atoms with van der Waals surface area (Å²) in [5.41, 5.74) is 2.31. The van der Waals surface area contributed by atoms with Gasteiger partial charge in [0.05, 0.1) is 0 Å². The van der Waals surface area contributed by atoms with Crippen LogP contribution in [0.25, 0.3) is 0 Å². The standard InChI is InChI=1S/C14H18OS/c1-14(2,3)10-6-7-13-11(9-10)12(15)5-4-8-16-13/h6-7,9H,4-5,8H2,1-3H3. The second-order valence-electron chi connectivity index (χ2n) is 5.34. The number of Topliss-reactive ketones (excluding diaryl/α,β-unsaturated/α-hetero) is 1. The highest BCUT2D eigenvalue weighted by Gasteiger charge is 2.20. The Morgan fingerprint density at radius 3 is 2.69 bits per heavy atom. The van der Waals surface area contributed by atoms with Gasteiger partial charge in [0, 0.05) is 16.9 Å². The summed E-state index contributed by atoms with van der Waals surface area (Å²) >= 11 is 1.81. The molecule has 0 unspecified atom stereocenters. The van der Waals surface area contributed by atoms with Crippen LogP contribution in [0.4, 0.5) is 0 Å². The van der Waals surface area contributed by atoms with Gasteiger partial charge < -0.3 is 0 Å². The first-order chi connectivity index (χ1) is 7.48. The molecule has 0 bridgehead atoms. The molecule has 0 saturated carbocycles. The minimum atomic E-state index is 0.117. The number of ketones is 1. The minimum absolute atomic E-state index is 0.117. The molecule has 1 aromatic rings. The van der Waals surface area contributed by atoms with Crippen molar-refractivity contribution in [3.63, 3.8) is 0 Å². The van der Waals surface area contributed by atoms with Crippen LogP contribution in [0.15, 0.2) is 23.1 Å². The van der Waals surface area contributed by atoms with Crippen molar-refractivity contribution >= 4 is 17.5 Å². The van der Waals surface area contributed by atoms with Gasteiger partial charge in [0.1, 0.15) is 0 Å². The molecular weight excluding hydrogens is 216 g/mol. The zero-order chi connectivity index (χ0) is 11.8. The molecule has 0 radical (unpaired) electrons. The summed E-state index contributed by atoms with van der Waals surface area (Å²) in [5, 5.41) is 0. The predicted molar refractivity (Wildman–Crippen MR) is 69.4 cm³/mol. The lowest BCUT2D eigenvalue weighted by atomic mass is 9.85. The van der Waals surface area contributed by atoms with Gasteiger partial charge in [-0.15, -0.1) is 11.8 Å². The monoisotopic (exact) mass is 234 g/mol. The van der Waals surface area contributed by atoms with Crippen molar-refractivity contribution in [3.05, 3.63) is 29.3 Å². The average molecular weight is 234 g/mol. The van der Waals surface area contributed by atoms with Gasteiger partial charge in [-0.25, -0.2) is 0 Å². The Hall–Kier alpha value is -0.760. The van der Waals surface area contributed by atoms with Crippen LogP contribution >= 0.6 is 11.8 Å². The number of rotatable bonds is 0. The Morgan fingerprint density at radius 1 is 1.25 bits per heavy atom. The molecule has 1 nitrogen and oxygen atoms in total. The van der Waals surface area contributed by atoms with Crippen molar-refractivity contribution < 1.29 is 4.79 Å². The number of hydrogen-bond acceptors (Lipinski definition) is 2. The largest absolute Gasteiger partial charge is 0.294 e. The Morgan fingerprint density at radius 2 is 2.00 bits per heavy atom. The number of fused-ring (bicyclic) bond motifs is 1. The van der Waals surface area contributed by atoms with E-state index in [1.165, 1.54) is 5.56 Å². The summed E-state index contributed by atoms with van der Waals surface area (Å²) in [6.07, 6.45) is 1.70. The average Bonchev–Trinajstić information content (AvgIpc) is 2.39. The lowest BCUT2D eigenvalue weighted by Crippen LogP contribution is -2.12. The van der Waals surface area contributed by atoms with Gasteiger partial charge in [-0.1, -0.05) is 26.8 Å². The summed E-state index contributed by atoms with van der Waals surface area (Å²) in [7, 11) is 0. The van der Waals surface area contributed by atoms with Gasteiger partial charge in [0.25, 0.3) is 0 Å². The van der Waals surface area contributed by atoms with Crippen molar-refractivity contribution in [2.24, 2.45) is 0 Å². The van der Waals surface area contributed by atoms with Crippen LogP contribution in [-0.2, 0) is 5.41 Å². The highest BCUT2D eigenvalue weighted by molar-refractivity contribution is 7.99. The second kappa shape index (κ2) is 4.25. The SMILES string of the molecule is CC(C)(C)c1ccc2c(c1)C(=O)CCCS2. The number of thioether (sulfide) groups is 1. The first kappa shape index (κ1) is 11.7. The van der Waals surface area contributed by atoms with E-state index in [1.54, 1.807) is 0 Å². The van der Waals surface area contributed by atoms with E-state index in [4.69, 9.17) is 0 Å². The third-order valence-corrected chi connectivity index (χ3v) is 4.11. The minimum Gasteiger partial charge on any atom is -0.294 e. The van der Waals surface area contributed by atoms with Gasteiger partial charge >= 0.3 is 0 Å². The van der Waals surface area contributed by atoms with Gasteiger partial charge in [0.15, 0.2) is 5.78 Å². The molecule has 16 heavy (non-hydrogen) atoms. The number of carbonyl (C=O) groups is 1. The molecule has 0 fully saturated rings. The third-order valence-electron chi connectivity index (χ3n) is 2.95. The van der Waals surface area contributed by atoms with Crippen molar-refractivity contribution in [3.8, 4) is 0 Å². The fraction of sp³-hybridized carbons (Fsp3) is 0.500. The summed E-state index contributed by atoms with van der Waals surface area (Å²) in [6, 6.07) is 6.37. The van der Waals surface area contributed by atoms with Crippen LogP contribution in [-0.4, -0.2) is 11.5 Å². The van der Waals surface area contributed by atoms with Gasteiger partial charge in [-0.2, -0.15) is 0 Å². The molecule has 0 spiro atoms. The van der Waals surface area contributed by atoms with Crippen LogP contribution in [0.1, 0.15) is 49.5 Å². The van der Waals surface area contributed by atoms with Crippen LogP contribution in [0.3, 0.4) is 0 Å². The first-order valence-corrected chi connectivity index (χ1v) is 6.77. The van der Waals surface area contributed by atoms with E-state index in [-0.39, 0.29) is 5.41 Å². The fourth-order valence-electron chi connectivity index (χ4n) is 1.89. The first-order valence-electron chi connectivity index (χ1n) is 5.79. The molecular formula is C14H18OS.